The highest BCUT2D eigenvalue weighted by molar-refractivity contribution is 7.99. The van der Waals surface area contributed by atoms with Crippen molar-refractivity contribution < 1.29 is 9.18 Å². The van der Waals surface area contributed by atoms with E-state index in [1.165, 1.54) is 18.6 Å². The summed E-state index contributed by atoms with van der Waals surface area (Å²) >= 11 is 3.15. The first-order chi connectivity index (χ1) is 13.6. The zero-order valence-electron chi connectivity index (χ0n) is 15.7. The van der Waals surface area contributed by atoms with Crippen LogP contribution < -0.4 is 0 Å². The first-order valence-corrected chi connectivity index (χ1v) is 11.4. The average molecular weight is 416 g/mol. The highest BCUT2D eigenvalue weighted by atomic mass is 32.2. The van der Waals surface area contributed by atoms with Crippen molar-refractivity contribution in [3.8, 4) is 11.1 Å². The Bertz CT molecular complexity index is 973. The van der Waals surface area contributed by atoms with Gasteiger partial charge < -0.3 is 4.90 Å². The van der Waals surface area contributed by atoms with Gasteiger partial charge in [0.25, 0.3) is 0 Å². The second-order valence-electron chi connectivity index (χ2n) is 7.20. The standard InChI is InChI=1S/C21H22FN3OS2/c1-14-3-2-9-25(11-14)18(26)8-10-27-20-19-17(12-28-21(19)24-13-23-20)15-4-6-16(22)7-5-15/h4-7,12-14H,2-3,8-11H2,1H3. The highest BCUT2D eigenvalue weighted by Crippen LogP contribution is 2.38. The van der Waals surface area contributed by atoms with Gasteiger partial charge in [-0.3, -0.25) is 4.79 Å². The predicted molar refractivity (Wildman–Crippen MR) is 113 cm³/mol. The molecule has 1 unspecified atom stereocenters. The molecule has 0 spiro atoms. The Kier molecular flexibility index (Phi) is 5.92. The maximum atomic E-state index is 13.3. The largest absolute Gasteiger partial charge is 0.342 e. The molecule has 4 nitrogen and oxygen atoms in total. The Labute approximate surface area is 172 Å². The lowest BCUT2D eigenvalue weighted by molar-refractivity contribution is -0.132. The smallest absolute Gasteiger partial charge is 0.223 e. The number of nitrogens with zero attached hydrogens (tertiary/aromatic N) is 3. The average Bonchev–Trinajstić information content (AvgIpc) is 3.13. The number of amides is 1. The number of thiophene rings is 1. The van der Waals surface area contributed by atoms with Crippen molar-refractivity contribution in [2.75, 3.05) is 18.8 Å². The first-order valence-electron chi connectivity index (χ1n) is 9.50. The van der Waals surface area contributed by atoms with Gasteiger partial charge in [-0.15, -0.1) is 23.1 Å². The van der Waals surface area contributed by atoms with E-state index in [9.17, 15) is 9.18 Å². The van der Waals surface area contributed by atoms with Crippen LogP contribution in [0.5, 0.6) is 0 Å². The third-order valence-corrected chi connectivity index (χ3v) is 6.93. The SMILES string of the molecule is CC1CCCN(C(=O)CCSc2ncnc3scc(-c4ccc(F)cc4)c23)C1. The van der Waals surface area contributed by atoms with Gasteiger partial charge in [-0.1, -0.05) is 19.1 Å². The zero-order chi connectivity index (χ0) is 19.5. The van der Waals surface area contributed by atoms with Crippen LogP contribution in [0.15, 0.2) is 41.0 Å². The second-order valence-corrected chi connectivity index (χ2v) is 9.14. The molecule has 1 aliphatic rings. The predicted octanol–water partition coefficient (Wildman–Crippen LogP) is 5.24. The Morgan fingerprint density at radius 3 is 2.93 bits per heavy atom. The van der Waals surface area contributed by atoms with E-state index < -0.39 is 0 Å². The fraction of sp³-hybridized carbons (Fsp3) is 0.381. The Balaban J connectivity index is 1.49. The van der Waals surface area contributed by atoms with Gasteiger partial charge in [-0.05, 0) is 36.5 Å². The van der Waals surface area contributed by atoms with Crippen LogP contribution in [-0.2, 0) is 4.79 Å². The summed E-state index contributed by atoms with van der Waals surface area (Å²) in [5.41, 5.74) is 1.96. The number of benzene rings is 1. The monoisotopic (exact) mass is 415 g/mol. The molecule has 0 aliphatic carbocycles. The number of thioether (sulfide) groups is 1. The minimum absolute atomic E-state index is 0.230. The molecule has 1 fully saturated rings. The Morgan fingerprint density at radius 2 is 2.14 bits per heavy atom. The molecule has 2 aromatic heterocycles. The lowest BCUT2D eigenvalue weighted by Gasteiger charge is -2.31. The molecule has 1 aliphatic heterocycles. The van der Waals surface area contributed by atoms with E-state index in [0.717, 1.165) is 45.9 Å². The molecule has 28 heavy (non-hydrogen) atoms. The van der Waals surface area contributed by atoms with Crippen LogP contribution in [0.3, 0.4) is 0 Å². The Hall–Kier alpha value is -1.99. The summed E-state index contributed by atoms with van der Waals surface area (Å²) in [7, 11) is 0. The number of carbonyl (C=O) groups is 1. The van der Waals surface area contributed by atoms with Gasteiger partial charge in [-0.25, -0.2) is 14.4 Å². The number of hydrogen-bond donors (Lipinski definition) is 0. The summed E-state index contributed by atoms with van der Waals surface area (Å²) in [6.07, 6.45) is 4.40. The normalized spacial score (nSPS) is 17.2. The van der Waals surface area contributed by atoms with E-state index in [4.69, 9.17) is 0 Å². The van der Waals surface area contributed by atoms with E-state index in [2.05, 4.69) is 16.9 Å². The first kappa shape index (κ1) is 19.3. The molecule has 0 saturated carbocycles. The maximum Gasteiger partial charge on any atom is 0.223 e. The lowest BCUT2D eigenvalue weighted by Crippen LogP contribution is -2.39. The number of halogens is 1. The fourth-order valence-corrected chi connectivity index (χ4v) is 5.53. The van der Waals surface area contributed by atoms with Crippen molar-refractivity contribution in [2.24, 2.45) is 5.92 Å². The summed E-state index contributed by atoms with van der Waals surface area (Å²) in [6, 6.07) is 6.49. The molecule has 0 bridgehead atoms. The van der Waals surface area contributed by atoms with E-state index in [0.29, 0.717) is 18.1 Å². The van der Waals surface area contributed by atoms with Crippen LogP contribution in [0.1, 0.15) is 26.2 Å². The molecule has 3 aromatic rings. The summed E-state index contributed by atoms with van der Waals surface area (Å²) in [6.45, 7) is 3.96. The van der Waals surface area contributed by atoms with E-state index in [1.807, 2.05) is 10.3 Å². The molecule has 0 radical (unpaired) electrons. The summed E-state index contributed by atoms with van der Waals surface area (Å²) in [5.74, 6) is 1.26. The Morgan fingerprint density at radius 1 is 1.32 bits per heavy atom. The van der Waals surface area contributed by atoms with Crippen molar-refractivity contribution in [1.29, 1.82) is 0 Å². The van der Waals surface area contributed by atoms with Crippen LogP contribution >= 0.6 is 23.1 Å². The van der Waals surface area contributed by atoms with Crippen LogP contribution in [0.25, 0.3) is 21.3 Å². The van der Waals surface area contributed by atoms with Gasteiger partial charge in [-0.2, -0.15) is 0 Å². The van der Waals surface area contributed by atoms with Gasteiger partial charge in [0.05, 0.1) is 5.39 Å². The third kappa shape index (κ3) is 4.20. The summed E-state index contributed by atoms with van der Waals surface area (Å²) in [4.78, 5) is 24.3. The topological polar surface area (TPSA) is 46.1 Å². The molecule has 146 valence electrons. The van der Waals surface area contributed by atoms with Crippen molar-refractivity contribution >= 4 is 39.2 Å². The second kappa shape index (κ2) is 8.57. The third-order valence-electron chi connectivity index (χ3n) is 5.06. The van der Waals surface area contributed by atoms with Gasteiger partial charge in [0.2, 0.25) is 5.91 Å². The maximum absolute atomic E-state index is 13.3. The van der Waals surface area contributed by atoms with Crippen molar-refractivity contribution in [2.45, 2.75) is 31.2 Å². The van der Waals surface area contributed by atoms with E-state index in [1.54, 1.807) is 41.6 Å². The number of carbonyl (C=O) groups excluding carboxylic acids is 1. The van der Waals surface area contributed by atoms with Crippen LogP contribution in [0.4, 0.5) is 4.39 Å². The van der Waals surface area contributed by atoms with Crippen LogP contribution in [0, 0.1) is 11.7 Å². The summed E-state index contributed by atoms with van der Waals surface area (Å²) in [5, 5.41) is 3.91. The fourth-order valence-electron chi connectivity index (χ4n) is 3.61. The summed E-state index contributed by atoms with van der Waals surface area (Å²) < 4.78 is 13.3. The van der Waals surface area contributed by atoms with E-state index >= 15 is 0 Å². The zero-order valence-corrected chi connectivity index (χ0v) is 17.4. The van der Waals surface area contributed by atoms with Gasteiger partial charge in [0.15, 0.2) is 0 Å². The number of rotatable bonds is 5. The number of likely N-dealkylation sites (tertiary alicyclic amines) is 1. The molecule has 1 saturated heterocycles. The van der Waals surface area contributed by atoms with Crippen molar-refractivity contribution in [3.63, 3.8) is 0 Å². The molecule has 4 rings (SSSR count). The van der Waals surface area contributed by atoms with Crippen LogP contribution in [-0.4, -0.2) is 39.6 Å². The van der Waals surface area contributed by atoms with E-state index in [-0.39, 0.29) is 11.7 Å². The molecule has 1 aromatic carbocycles. The molecule has 3 heterocycles. The molecular weight excluding hydrogens is 393 g/mol. The van der Waals surface area contributed by atoms with Crippen LogP contribution in [0.2, 0.25) is 0 Å². The number of hydrogen-bond acceptors (Lipinski definition) is 5. The highest BCUT2D eigenvalue weighted by Gasteiger charge is 2.21. The van der Waals surface area contributed by atoms with Gasteiger partial charge in [0, 0.05) is 36.2 Å². The molecule has 1 amide bonds. The minimum atomic E-state index is -0.250. The quantitative estimate of drug-likeness (QED) is 0.422. The van der Waals surface area contributed by atoms with Crippen molar-refractivity contribution in [1.82, 2.24) is 14.9 Å². The lowest BCUT2D eigenvalue weighted by atomic mass is 10.0. The molecule has 1 atom stereocenters. The van der Waals surface area contributed by atoms with Gasteiger partial charge in [0.1, 0.15) is 22.0 Å². The molecular formula is C21H22FN3OS2. The number of aromatic nitrogens is 2. The van der Waals surface area contributed by atoms with Gasteiger partial charge >= 0.3 is 0 Å². The number of fused-ring (bicyclic) bond motifs is 1. The molecule has 0 N–H and O–H groups in total. The van der Waals surface area contributed by atoms with Crippen molar-refractivity contribution in [3.05, 3.63) is 41.8 Å². The number of piperidine rings is 1. The molecule has 7 heteroatoms. The minimum Gasteiger partial charge on any atom is -0.342 e.